The Morgan fingerprint density at radius 3 is 2.41 bits per heavy atom. The zero-order chi connectivity index (χ0) is 12.3. The molecule has 0 bridgehead atoms. The Hall–Kier alpha value is -0.120. The van der Waals surface area contributed by atoms with Gasteiger partial charge in [0.1, 0.15) is 0 Å². The van der Waals surface area contributed by atoms with Gasteiger partial charge in [-0.15, -0.1) is 0 Å². The smallest absolute Gasteiger partial charge is 0.0110 e. The van der Waals surface area contributed by atoms with Crippen LogP contribution in [0.5, 0.6) is 0 Å². The van der Waals surface area contributed by atoms with Crippen LogP contribution >= 0.6 is 0 Å². The average Bonchev–Trinajstić information content (AvgIpc) is 3.06. The Bertz CT molecular complexity index is 230. The lowest BCUT2D eigenvalue weighted by molar-refractivity contribution is 0.152. The lowest BCUT2D eigenvalue weighted by Gasteiger charge is -2.32. The first-order valence-electron chi connectivity index (χ1n) is 7.24. The summed E-state index contributed by atoms with van der Waals surface area (Å²) < 4.78 is 0. The molecule has 1 saturated carbocycles. The predicted molar refractivity (Wildman–Crippen MR) is 73.4 cm³/mol. The minimum absolute atomic E-state index is 0.619. The molecule has 0 aromatic heterocycles. The van der Waals surface area contributed by atoms with Crippen molar-refractivity contribution < 1.29 is 0 Å². The third-order valence-corrected chi connectivity index (χ3v) is 4.78. The molecule has 2 rings (SSSR count). The minimum Gasteiger partial charge on any atom is -0.314 e. The highest BCUT2D eigenvalue weighted by atomic mass is 15.2. The average molecular weight is 239 g/mol. The molecule has 1 unspecified atom stereocenters. The first kappa shape index (κ1) is 13.3. The van der Waals surface area contributed by atoms with Gasteiger partial charge >= 0.3 is 0 Å². The van der Waals surface area contributed by atoms with Crippen molar-refractivity contribution in [1.82, 2.24) is 15.1 Å². The summed E-state index contributed by atoms with van der Waals surface area (Å²) in [7, 11) is 2.22. The molecule has 1 aliphatic heterocycles. The van der Waals surface area contributed by atoms with E-state index in [1.807, 2.05) is 0 Å². The lowest BCUT2D eigenvalue weighted by Crippen LogP contribution is -2.45. The molecule has 1 heterocycles. The topological polar surface area (TPSA) is 18.5 Å². The molecule has 3 nitrogen and oxygen atoms in total. The van der Waals surface area contributed by atoms with E-state index in [1.165, 1.54) is 58.5 Å². The molecule has 0 spiro atoms. The third kappa shape index (κ3) is 3.94. The summed E-state index contributed by atoms with van der Waals surface area (Å²) >= 11 is 0. The summed E-state index contributed by atoms with van der Waals surface area (Å²) in [5.41, 5.74) is 0.619. The summed E-state index contributed by atoms with van der Waals surface area (Å²) in [6.07, 6.45) is 4.13. The van der Waals surface area contributed by atoms with Crippen LogP contribution in [-0.4, -0.2) is 62.2 Å². The van der Waals surface area contributed by atoms with Crippen molar-refractivity contribution in [3.8, 4) is 0 Å². The fourth-order valence-corrected chi connectivity index (χ4v) is 2.57. The SMILES string of the molecule is CC(NCCCN1CCN(C)CC1)C1(C)CC1. The molecule has 0 aromatic carbocycles. The van der Waals surface area contributed by atoms with E-state index < -0.39 is 0 Å². The van der Waals surface area contributed by atoms with Gasteiger partial charge in [0.05, 0.1) is 0 Å². The van der Waals surface area contributed by atoms with E-state index in [-0.39, 0.29) is 0 Å². The van der Waals surface area contributed by atoms with Crippen molar-refractivity contribution in [2.24, 2.45) is 5.41 Å². The molecule has 1 saturated heterocycles. The number of hydrogen-bond donors (Lipinski definition) is 1. The normalized spacial score (nSPS) is 27.0. The Morgan fingerprint density at radius 1 is 1.18 bits per heavy atom. The summed E-state index contributed by atoms with van der Waals surface area (Å²) in [6.45, 7) is 12.2. The molecule has 0 radical (unpaired) electrons. The van der Waals surface area contributed by atoms with Crippen LogP contribution in [0, 0.1) is 5.41 Å². The van der Waals surface area contributed by atoms with Gasteiger partial charge in [-0.3, -0.25) is 0 Å². The molecule has 2 fully saturated rings. The van der Waals surface area contributed by atoms with Crippen LogP contribution in [0.4, 0.5) is 0 Å². The molecule has 0 aromatic rings. The van der Waals surface area contributed by atoms with Crippen LogP contribution in [0.25, 0.3) is 0 Å². The van der Waals surface area contributed by atoms with Gasteiger partial charge in [0.25, 0.3) is 0 Å². The molecule has 0 amide bonds. The summed E-state index contributed by atoms with van der Waals surface area (Å²) in [4.78, 5) is 5.02. The Kier molecular flexibility index (Phi) is 4.45. The summed E-state index contributed by atoms with van der Waals surface area (Å²) in [6, 6.07) is 0.704. The van der Waals surface area contributed by atoms with Crippen molar-refractivity contribution in [2.75, 3.05) is 46.3 Å². The molecular weight excluding hydrogens is 210 g/mol. The maximum absolute atomic E-state index is 3.70. The monoisotopic (exact) mass is 239 g/mol. The highest BCUT2D eigenvalue weighted by molar-refractivity contribution is 4.96. The second-order valence-electron chi connectivity index (χ2n) is 6.33. The van der Waals surface area contributed by atoms with E-state index in [2.05, 4.69) is 36.0 Å². The van der Waals surface area contributed by atoms with E-state index in [4.69, 9.17) is 0 Å². The molecule has 1 aliphatic carbocycles. The highest BCUT2D eigenvalue weighted by Gasteiger charge is 2.41. The van der Waals surface area contributed by atoms with Gasteiger partial charge in [-0.25, -0.2) is 0 Å². The van der Waals surface area contributed by atoms with Crippen molar-refractivity contribution in [3.63, 3.8) is 0 Å². The van der Waals surface area contributed by atoms with Gasteiger partial charge in [-0.1, -0.05) is 6.92 Å². The van der Waals surface area contributed by atoms with Crippen LogP contribution in [-0.2, 0) is 0 Å². The van der Waals surface area contributed by atoms with Crippen LogP contribution < -0.4 is 5.32 Å². The Morgan fingerprint density at radius 2 is 1.82 bits per heavy atom. The third-order valence-electron chi connectivity index (χ3n) is 4.78. The van der Waals surface area contributed by atoms with Crippen LogP contribution in [0.3, 0.4) is 0 Å². The van der Waals surface area contributed by atoms with Crippen LogP contribution in [0.2, 0.25) is 0 Å². The first-order chi connectivity index (χ1) is 8.10. The van der Waals surface area contributed by atoms with E-state index >= 15 is 0 Å². The van der Waals surface area contributed by atoms with Gasteiger partial charge in [-0.2, -0.15) is 0 Å². The second kappa shape index (κ2) is 5.68. The zero-order valence-electron chi connectivity index (χ0n) is 11.8. The number of likely N-dealkylation sites (N-methyl/N-ethyl adjacent to an activating group) is 1. The minimum atomic E-state index is 0.619. The molecule has 2 aliphatic rings. The highest BCUT2D eigenvalue weighted by Crippen LogP contribution is 2.47. The number of nitrogens with zero attached hydrogens (tertiary/aromatic N) is 2. The molecule has 1 N–H and O–H groups in total. The van der Waals surface area contributed by atoms with Crippen LogP contribution in [0.1, 0.15) is 33.1 Å². The van der Waals surface area contributed by atoms with Gasteiger partial charge in [-0.05, 0) is 51.7 Å². The van der Waals surface area contributed by atoms with Gasteiger partial charge in [0.15, 0.2) is 0 Å². The maximum atomic E-state index is 3.70. The van der Waals surface area contributed by atoms with E-state index in [1.54, 1.807) is 0 Å². The van der Waals surface area contributed by atoms with Crippen LogP contribution in [0.15, 0.2) is 0 Å². The van der Waals surface area contributed by atoms with Gasteiger partial charge in [0, 0.05) is 32.2 Å². The quantitative estimate of drug-likeness (QED) is 0.707. The van der Waals surface area contributed by atoms with Crippen molar-refractivity contribution in [2.45, 2.75) is 39.2 Å². The number of rotatable bonds is 6. The number of nitrogens with one attached hydrogen (secondary N) is 1. The predicted octanol–water partition coefficient (Wildman–Crippen LogP) is 1.40. The van der Waals surface area contributed by atoms with Crippen molar-refractivity contribution in [3.05, 3.63) is 0 Å². The maximum Gasteiger partial charge on any atom is 0.0110 e. The standard InChI is InChI=1S/C14H29N3/c1-13(14(2)5-6-14)15-7-4-8-17-11-9-16(3)10-12-17/h13,15H,4-12H2,1-3H3. The summed E-state index contributed by atoms with van der Waals surface area (Å²) in [5.74, 6) is 0. The molecular formula is C14H29N3. The largest absolute Gasteiger partial charge is 0.314 e. The lowest BCUT2D eigenvalue weighted by atomic mass is 10.0. The fourth-order valence-electron chi connectivity index (χ4n) is 2.57. The first-order valence-corrected chi connectivity index (χ1v) is 7.24. The van der Waals surface area contributed by atoms with Gasteiger partial charge in [0.2, 0.25) is 0 Å². The second-order valence-corrected chi connectivity index (χ2v) is 6.33. The zero-order valence-corrected chi connectivity index (χ0v) is 11.8. The van der Waals surface area contributed by atoms with E-state index in [0.717, 1.165) is 0 Å². The Labute approximate surface area is 107 Å². The van der Waals surface area contributed by atoms with E-state index in [9.17, 15) is 0 Å². The Balaban J connectivity index is 1.51. The molecule has 3 heteroatoms. The van der Waals surface area contributed by atoms with Crippen molar-refractivity contribution in [1.29, 1.82) is 0 Å². The molecule has 100 valence electrons. The number of piperazine rings is 1. The number of hydrogen-bond acceptors (Lipinski definition) is 3. The fraction of sp³-hybridized carbons (Fsp3) is 1.00. The molecule has 1 atom stereocenters. The van der Waals surface area contributed by atoms with Crippen molar-refractivity contribution >= 4 is 0 Å². The summed E-state index contributed by atoms with van der Waals surface area (Å²) in [5, 5.41) is 3.70. The molecule has 17 heavy (non-hydrogen) atoms. The van der Waals surface area contributed by atoms with Gasteiger partial charge < -0.3 is 15.1 Å². The van der Waals surface area contributed by atoms with E-state index in [0.29, 0.717) is 11.5 Å².